The Morgan fingerprint density at radius 2 is 2.29 bits per heavy atom. The van der Waals surface area contributed by atoms with Gasteiger partial charge in [-0.2, -0.15) is 0 Å². The lowest BCUT2D eigenvalue weighted by Gasteiger charge is -2.17. The molecular formula is C12H16ClNO3. The fourth-order valence-corrected chi connectivity index (χ4v) is 1.75. The van der Waals surface area contributed by atoms with Crippen LogP contribution in [0.25, 0.3) is 0 Å². The van der Waals surface area contributed by atoms with Gasteiger partial charge >= 0.3 is 5.97 Å². The van der Waals surface area contributed by atoms with Crippen LogP contribution in [-0.2, 0) is 4.74 Å². The van der Waals surface area contributed by atoms with E-state index < -0.39 is 5.97 Å². The number of hydrogen-bond donors (Lipinski definition) is 2. The normalized spacial score (nSPS) is 12.2. The summed E-state index contributed by atoms with van der Waals surface area (Å²) in [5.41, 5.74) is 0.645. The maximum absolute atomic E-state index is 11.1. The molecule has 1 aromatic rings. The third kappa shape index (κ3) is 3.91. The lowest BCUT2D eigenvalue weighted by atomic mass is 10.1. The standard InChI is InChI=1S/C12H16ClNO3/c1-8(6-7-17-2)14-10-5-3-4-9(13)11(10)12(15)16/h3-5,8,14H,6-7H2,1-2H3,(H,15,16). The van der Waals surface area contributed by atoms with Gasteiger partial charge in [0.2, 0.25) is 0 Å². The number of nitrogens with one attached hydrogen (secondary N) is 1. The number of ether oxygens (including phenoxy) is 1. The fraction of sp³-hybridized carbons (Fsp3) is 0.417. The zero-order valence-corrected chi connectivity index (χ0v) is 10.6. The Morgan fingerprint density at radius 1 is 1.59 bits per heavy atom. The summed E-state index contributed by atoms with van der Waals surface area (Å²) in [7, 11) is 1.63. The first-order valence-corrected chi connectivity index (χ1v) is 5.71. The van der Waals surface area contributed by atoms with Crippen molar-refractivity contribution in [3.05, 3.63) is 28.8 Å². The van der Waals surface area contributed by atoms with E-state index in [1.54, 1.807) is 25.3 Å². The maximum atomic E-state index is 11.1. The van der Waals surface area contributed by atoms with E-state index in [2.05, 4.69) is 5.32 Å². The number of halogens is 1. The molecule has 2 N–H and O–H groups in total. The molecular weight excluding hydrogens is 242 g/mol. The average molecular weight is 258 g/mol. The van der Waals surface area contributed by atoms with Crippen LogP contribution in [0.1, 0.15) is 23.7 Å². The number of carbonyl (C=O) groups is 1. The number of hydrogen-bond acceptors (Lipinski definition) is 3. The molecule has 17 heavy (non-hydrogen) atoms. The Labute approximate surface area is 106 Å². The van der Waals surface area contributed by atoms with Crippen LogP contribution in [0.2, 0.25) is 5.02 Å². The molecule has 1 atom stereocenters. The molecule has 0 saturated carbocycles. The maximum Gasteiger partial charge on any atom is 0.339 e. The van der Waals surface area contributed by atoms with Crippen molar-refractivity contribution in [3.63, 3.8) is 0 Å². The number of carboxylic acid groups (broad SMARTS) is 1. The Balaban J connectivity index is 2.83. The summed E-state index contributed by atoms with van der Waals surface area (Å²) in [6.45, 7) is 2.59. The van der Waals surface area contributed by atoms with Gasteiger partial charge in [0, 0.05) is 19.8 Å². The van der Waals surface area contributed by atoms with Crippen LogP contribution in [0.4, 0.5) is 5.69 Å². The van der Waals surface area contributed by atoms with Gasteiger partial charge in [-0.3, -0.25) is 0 Å². The van der Waals surface area contributed by atoms with Gasteiger partial charge in [0.05, 0.1) is 10.7 Å². The van der Waals surface area contributed by atoms with Gasteiger partial charge < -0.3 is 15.2 Å². The molecule has 1 rings (SSSR count). The molecule has 0 spiro atoms. The smallest absolute Gasteiger partial charge is 0.339 e. The monoisotopic (exact) mass is 257 g/mol. The summed E-state index contributed by atoms with van der Waals surface area (Å²) >= 11 is 5.87. The van der Waals surface area contributed by atoms with Crippen LogP contribution in [0.5, 0.6) is 0 Å². The molecule has 0 aliphatic heterocycles. The first kappa shape index (κ1) is 13.8. The second kappa shape index (κ2) is 6.47. The third-order valence-corrected chi connectivity index (χ3v) is 2.70. The molecule has 0 fully saturated rings. The predicted molar refractivity (Wildman–Crippen MR) is 68.0 cm³/mol. The summed E-state index contributed by atoms with van der Waals surface area (Å²) in [6.07, 6.45) is 0.794. The molecule has 5 heteroatoms. The Kier molecular flexibility index (Phi) is 5.25. The van der Waals surface area contributed by atoms with Gasteiger partial charge in [-0.1, -0.05) is 17.7 Å². The highest BCUT2D eigenvalue weighted by molar-refractivity contribution is 6.34. The zero-order valence-electron chi connectivity index (χ0n) is 9.87. The first-order chi connectivity index (χ1) is 8.06. The van der Waals surface area contributed by atoms with Crippen molar-refractivity contribution in [3.8, 4) is 0 Å². The van der Waals surface area contributed by atoms with Crippen molar-refractivity contribution in [2.24, 2.45) is 0 Å². The van der Waals surface area contributed by atoms with E-state index in [1.165, 1.54) is 0 Å². The van der Waals surface area contributed by atoms with Crippen molar-refractivity contribution in [1.29, 1.82) is 0 Å². The highest BCUT2D eigenvalue weighted by Gasteiger charge is 2.15. The van der Waals surface area contributed by atoms with Crippen LogP contribution in [0.3, 0.4) is 0 Å². The molecule has 4 nitrogen and oxygen atoms in total. The van der Waals surface area contributed by atoms with Crippen LogP contribution < -0.4 is 5.32 Å². The molecule has 94 valence electrons. The van der Waals surface area contributed by atoms with Crippen LogP contribution >= 0.6 is 11.6 Å². The molecule has 0 aliphatic rings. The number of anilines is 1. The van der Waals surface area contributed by atoms with Crippen LogP contribution in [0.15, 0.2) is 18.2 Å². The highest BCUT2D eigenvalue weighted by atomic mass is 35.5. The SMILES string of the molecule is COCCC(C)Nc1cccc(Cl)c1C(=O)O. The lowest BCUT2D eigenvalue weighted by Crippen LogP contribution is -2.19. The molecule has 1 aromatic carbocycles. The number of benzene rings is 1. The second-order valence-electron chi connectivity index (χ2n) is 3.79. The van der Waals surface area contributed by atoms with E-state index >= 15 is 0 Å². The molecule has 0 amide bonds. The summed E-state index contributed by atoms with van der Waals surface area (Å²) in [5, 5.41) is 12.4. The van der Waals surface area contributed by atoms with Crippen molar-refractivity contribution < 1.29 is 14.6 Å². The van der Waals surface area contributed by atoms with Gasteiger partial charge in [-0.15, -0.1) is 0 Å². The molecule has 0 radical (unpaired) electrons. The van der Waals surface area contributed by atoms with E-state index in [0.29, 0.717) is 12.3 Å². The summed E-state index contributed by atoms with van der Waals surface area (Å²) in [4.78, 5) is 11.1. The lowest BCUT2D eigenvalue weighted by molar-refractivity contribution is 0.0698. The second-order valence-corrected chi connectivity index (χ2v) is 4.20. The Morgan fingerprint density at radius 3 is 2.88 bits per heavy atom. The minimum absolute atomic E-state index is 0.110. The van der Waals surface area contributed by atoms with E-state index in [0.717, 1.165) is 6.42 Å². The van der Waals surface area contributed by atoms with Gasteiger partial charge in [0.15, 0.2) is 0 Å². The van der Waals surface area contributed by atoms with Crippen molar-refractivity contribution in [1.82, 2.24) is 0 Å². The molecule has 0 bridgehead atoms. The van der Waals surface area contributed by atoms with Gasteiger partial charge in [-0.05, 0) is 25.5 Å². The highest BCUT2D eigenvalue weighted by Crippen LogP contribution is 2.25. The molecule has 0 saturated heterocycles. The summed E-state index contributed by atoms with van der Waals surface area (Å²) in [6, 6.07) is 5.11. The fourth-order valence-electron chi connectivity index (χ4n) is 1.49. The van der Waals surface area contributed by atoms with Crippen molar-refractivity contribution in [2.45, 2.75) is 19.4 Å². The average Bonchev–Trinajstić information content (AvgIpc) is 2.25. The van der Waals surface area contributed by atoms with Crippen molar-refractivity contribution >= 4 is 23.3 Å². The number of rotatable bonds is 6. The van der Waals surface area contributed by atoms with Crippen LogP contribution in [0, 0.1) is 0 Å². The van der Waals surface area contributed by atoms with Crippen LogP contribution in [-0.4, -0.2) is 30.8 Å². The third-order valence-electron chi connectivity index (χ3n) is 2.38. The predicted octanol–water partition coefficient (Wildman–Crippen LogP) is 2.88. The minimum atomic E-state index is -1.03. The zero-order chi connectivity index (χ0) is 12.8. The quantitative estimate of drug-likeness (QED) is 0.823. The molecule has 1 unspecified atom stereocenters. The number of aromatic carboxylic acids is 1. The molecule has 0 aliphatic carbocycles. The first-order valence-electron chi connectivity index (χ1n) is 5.33. The van der Waals surface area contributed by atoms with Gasteiger partial charge in [-0.25, -0.2) is 4.79 Å². The largest absolute Gasteiger partial charge is 0.478 e. The van der Waals surface area contributed by atoms with Crippen molar-refractivity contribution in [2.75, 3.05) is 19.0 Å². The topological polar surface area (TPSA) is 58.6 Å². The Bertz CT molecular complexity index is 395. The van der Waals surface area contributed by atoms with Gasteiger partial charge in [0.1, 0.15) is 5.56 Å². The van der Waals surface area contributed by atoms with E-state index in [1.807, 2.05) is 6.92 Å². The number of methoxy groups -OCH3 is 1. The Hall–Kier alpha value is -1.26. The number of carboxylic acids is 1. The molecule has 0 heterocycles. The minimum Gasteiger partial charge on any atom is -0.478 e. The van der Waals surface area contributed by atoms with Gasteiger partial charge in [0.25, 0.3) is 0 Å². The van der Waals surface area contributed by atoms with E-state index in [4.69, 9.17) is 21.4 Å². The summed E-state index contributed by atoms with van der Waals surface area (Å²) < 4.78 is 4.97. The summed E-state index contributed by atoms with van der Waals surface area (Å²) in [5.74, 6) is -1.03. The molecule has 0 aromatic heterocycles. The van der Waals surface area contributed by atoms with E-state index in [9.17, 15) is 4.79 Å². The van der Waals surface area contributed by atoms with E-state index in [-0.39, 0.29) is 16.6 Å².